The number of benzene rings is 1. The van der Waals surface area contributed by atoms with Crippen molar-refractivity contribution in [3.63, 3.8) is 0 Å². The molecule has 0 saturated carbocycles. The molecule has 188 valence electrons. The highest BCUT2D eigenvalue weighted by molar-refractivity contribution is 5.78. The average Bonchev–Trinajstić information content (AvgIpc) is 3.64. The molecule has 4 aliphatic heterocycles. The summed E-state index contributed by atoms with van der Waals surface area (Å²) in [5.74, 6) is -0.0594. The van der Waals surface area contributed by atoms with Crippen LogP contribution in [0.1, 0.15) is 57.4 Å². The summed E-state index contributed by atoms with van der Waals surface area (Å²) in [4.78, 5) is 9.25. The minimum atomic E-state index is -0.981. The molecule has 0 aromatic heterocycles. The van der Waals surface area contributed by atoms with Crippen LogP contribution in [-0.2, 0) is 30.2 Å². The Kier molecular flexibility index (Phi) is 18.2. The lowest BCUT2D eigenvalue weighted by Crippen LogP contribution is -1.97. The van der Waals surface area contributed by atoms with Crippen molar-refractivity contribution in [1.82, 2.24) is 0 Å². The molecular weight excluding hydrogens is 424 g/mol. The van der Waals surface area contributed by atoms with E-state index >= 15 is 0 Å². The van der Waals surface area contributed by atoms with Gasteiger partial charge in [-0.25, -0.2) is 4.79 Å². The van der Waals surface area contributed by atoms with Gasteiger partial charge < -0.3 is 28.8 Å². The fourth-order valence-corrected chi connectivity index (χ4v) is 2.28. The van der Waals surface area contributed by atoms with Crippen LogP contribution in [0.5, 0.6) is 5.75 Å². The molecule has 4 fully saturated rings. The molecule has 1 aromatic rings. The van der Waals surface area contributed by atoms with Gasteiger partial charge in [-0.1, -0.05) is 64.2 Å². The molecule has 0 spiro atoms. The van der Waals surface area contributed by atoms with E-state index in [1.165, 1.54) is 56.9 Å². The SMILES string of the molecule is C1CO1.C1CO1.C1CO1.C=CC(=O)O.CCCCCCCCCc1ccc(OC2CO2)cc1. The van der Waals surface area contributed by atoms with Crippen molar-refractivity contribution < 1.29 is 33.6 Å². The Balaban J connectivity index is 0.000000309. The van der Waals surface area contributed by atoms with Crippen molar-refractivity contribution in [2.75, 3.05) is 46.2 Å². The average molecular weight is 467 g/mol. The monoisotopic (exact) mass is 466 g/mol. The molecule has 33 heavy (non-hydrogen) atoms. The number of rotatable bonds is 11. The summed E-state index contributed by atoms with van der Waals surface area (Å²) in [5.41, 5.74) is 1.41. The van der Waals surface area contributed by atoms with E-state index in [1.54, 1.807) is 0 Å². The van der Waals surface area contributed by atoms with Gasteiger partial charge in [-0.3, -0.25) is 0 Å². The Labute approximate surface area is 199 Å². The van der Waals surface area contributed by atoms with E-state index in [9.17, 15) is 4.79 Å². The zero-order valence-electron chi connectivity index (χ0n) is 20.2. The second-order valence-electron chi connectivity index (χ2n) is 7.78. The van der Waals surface area contributed by atoms with Gasteiger partial charge >= 0.3 is 5.97 Å². The molecule has 0 amide bonds. The van der Waals surface area contributed by atoms with E-state index in [0.29, 0.717) is 0 Å². The molecule has 4 aliphatic rings. The first-order chi connectivity index (χ1) is 16.2. The third-order valence-electron chi connectivity index (χ3n) is 4.35. The zero-order chi connectivity index (χ0) is 24.0. The van der Waals surface area contributed by atoms with Crippen LogP contribution >= 0.6 is 0 Å². The summed E-state index contributed by atoms with van der Waals surface area (Å²) in [5, 5.41) is 7.60. The van der Waals surface area contributed by atoms with Crippen molar-refractivity contribution in [2.45, 2.75) is 64.6 Å². The number of carboxylic acid groups (broad SMARTS) is 1. The number of aryl methyl sites for hydroxylation is 1. The van der Waals surface area contributed by atoms with Crippen LogP contribution in [0.15, 0.2) is 36.9 Å². The highest BCUT2D eigenvalue weighted by Gasteiger charge is 2.24. The van der Waals surface area contributed by atoms with Gasteiger partial charge in [0, 0.05) is 6.08 Å². The van der Waals surface area contributed by atoms with Gasteiger partial charge in [-0.2, -0.15) is 0 Å². The topological polar surface area (TPSA) is 96.7 Å². The minimum Gasteiger partial charge on any atom is -0.478 e. The van der Waals surface area contributed by atoms with Gasteiger partial charge in [0.1, 0.15) is 12.4 Å². The maximum atomic E-state index is 9.25. The lowest BCUT2D eigenvalue weighted by Gasteiger charge is -2.05. The van der Waals surface area contributed by atoms with E-state index in [1.807, 2.05) is 0 Å². The Morgan fingerprint density at radius 3 is 1.73 bits per heavy atom. The van der Waals surface area contributed by atoms with Crippen LogP contribution in [0, 0.1) is 0 Å². The zero-order valence-corrected chi connectivity index (χ0v) is 20.2. The van der Waals surface area contributed by atoms with Crippen LogP contribution in [0.2, 0.25) is 0 Å². The molecule has 4 heterocycles. The lowest BCUT2D eigenvalue weighted by molar-refractivity contribution is -0.131. The number of epoxide rings is 4. The Morgan fingerprint density at radius 1 is 0.939 bits per heavy atom. The lowest BCUT2D eigenvalue weighted by atomic mass is 10.0. The molecule has 1 aromatic carbocycles. The van der Waals surface area contributed by atoms with Crippen molar-refractivity contribution >= 4 is 5.97 Å². The first kappa shape index (κ1) is 29.1. The number of hydrogen-bond acceptors (Lipinski definition) is 6. The summed E-state index contributed by atoms with van der Waals surface area (Å²) in [7, 11) is 0. The van der Waals surface area contributed by atoms with E-state index in [2.05, 4.69) is 52.0 Å². The molecule has 4 saturated heterocycles. The summed E-state index contributed by atoms with van der Waals surface area (Å²) >= 11 is 0. The summed E-state index contributed by atoms with van der Waals surface area (Å²) in [6, 6.07) is 8.46. The van der Waals surface area contributed by atoms with Crippen LogP contribution in [-0.4, -0.2) is 63.6 Å². The van der Waals surface area contributed by atoms with E-state index < -0.39 is 5.97 Å². The number of carboxylic acids is 1. The maximum absolute atomic E-state index is 9.25. The predicted molar refractivity (Wildman–Crippen MR) is 129 cm³/mol. The Morgan fingerprint density at radius 2 is 1.36 bits per heavy atom. The summed E-state index contributed by atoms with van der Waals surface area (Å²) in [6.45, 7) is 12.0. The van der Waals surface area contributed by atoms with Gasteiger partial charge in [0.15, 0.2) is 0 Å². The van der Waals surface area contributed by atoms with Crippen molar-refractivity contribution in [1.29, 1.82) is 0 Å². The number of aliphatic carboxylic acids is 1. The van der Waals surface area contributed by atoms with Crippen LogP contribution < -0.4 is 4.74 Å². The first-order valence-electron chi connectivity index (χ1n) is 12.1. The van der Waals surface area contributed by atoms with E-state index in [-0.39, 0.29) is 6.29 Å². The van der Waals surface area contributed by atoms with Gasteiger partial charge in [0.05, 0.1) is 39.6 Å². The highest BCUT2D eigenvalue weighted by Crippen LogP contribution is 2.20. The maximum Gasteiger partial charge on any atom is 0.327 e. The Hall–Kier alpha value is -1.93. The third kappa shape index (κ3) is 28.0. The number of unbranched alkanes of at least 4 members (excludes halogenated alkanes) is 6. The molecule has 7 heteroatoms. The van der Waals surface area contributed by atoms with Gasteiger partial charge in [-0.15, -0.1) is 0 Å². The molecule has 1 atom stereocenters. The molecule has 1 unspecified atom stereocenters. The minimum absolute atomic E-state index is 0.00831. The van der Waals surface area contributed by atoms with E-state index in [4.69, 9.17) is 14.6 Å². The summed E-state index contributed by atoms with van der Waals surface area (Å²) < 4.78 is 24.1. The van der Waals surface area contributed by atoms with Crippen LogP contribution in [0.3, 0.4) is 0 Å². The van der Waals surface area contributed by atoms with Crippen molar-refractivity contribution in [3.8, 4) is 5.75 Å². The second kappa shape index (κ2) is 20.7. The number of carbonyl (C=O) groups is 1. The standard InChI is InChI=1S/C17H26O2.C3H4O2.3C2H4O/c1-2-3-4-5-6-7-8-9-15-10-12-16(13-11-15)19-17-14-18-17;1-2-3(4)5;3*1-2-3-1/h10-13,17H,2-9,14H2,1H3;2H,1H2,(H,4,5);3*1-2H2. The molecule has 0 aliphatic carbocycles. The predicted octanol–water partition coefficient (Wildman–Crippen LogP) is 5.02. The van der Waals surface area contributed by atoms with Crippen LogP contribution in [0.4, 0.5) is 0 Å². The van der Waals surface area contributed by atoms with Gasteiger partial charge in [0.25, 0.3) is 0 Å². The van der Waals surface area contributed by atoms with Gasteiger partial charge in [0.2, 0.25) is 6.29 Å². The molecule has 0 bridgehead atoms. The molecule has 5 rings (SSSR count). The molecular formula is C26H42O7. The summed E-state index contributed by atoms with van der Waals surface area (Å²) in [6.07, 6.45) is 11.6. The molecule has 1 N–H and O–H groups in total. The van der Waals surface area contributed by atoms with Crippen molar-refractivity contribution in [3.05, 3.63) is 42.5 Å². The normalized spacial score (nSPS) is 17.5. The Bertz CT molecular complexity index is 571. The molecule has 7 nitrogen and oxygen atoms in total. The van der Waals surface area contributed by atoms with Crippen LogP contribution in [0.25, 0.3) is 0 Å². The highest BCUT2D eigenvalue weighted by atomic mass is 16.8. The van der Waals surface area contributed by atoms with Gasteiger partial charge in [-0.05, 0) is 30.5 Å². The fraction of sp³-hybridized carbons (Fsp3) is 0.654. The second-order valence-corrected chi connectivity index (χ2v) is 7.78. The number of ether oxygens (including phenoxy) is 5. The van der Waals surface area contributed by atoms with Crippen molar-refractivity contribution in [2.24, 2.45) is 0 Å². The molecule has 0 radical (unpaired) electrons. The third-order valence-corrected chi connectivity index (χ3v) is 4.35. The smallest absolute Gasteiger partial charge is 0.327 e. The van der Waals surface area contributed by atoms with E-state index in [0.717, 1.165) is 58.1 Å². The quantitative estimate of drug-likeness (QED) is 0.278. The number of hydrogen-bond donors (Lipinski definition) is 1. The largest absolute Gasteiger partial charge is 0.478 e. The fourth-order valence-electron chi connectivity index (χ4n) is 2.28. The first-order valence-corrected chi connectivity index (χ1v) is 12.1.